The summed E-state index contributed by atoms with van der Waals surface area (Å²) in [5.74, 6) is 1.05. The van der Waals surface area contributed by atoms with Gasteiger partial charge in [-0.2, -0.15) is 0 Å². The molecule has 0 N–H and O–H groups in total. The van der Waals surface area contributed by atoms with Crippen molar-refractivity contribution in [1.29, 1.82) is 0 Å². The van der Waals surface area contributed by atoms with E-state index in [0.29, 0.717) is 41.1 Å². The number of nitrogens with zero attached hydrogens (tertiary/aromatic N) is 1. The first-order valence-electron chi connectivity index (χ1n) is 8.94. The molecule has 3 aromatic rings. The Balaban J connectivity index is 2.01. The quantitative estimate of drug-likeness (QED) is 0.491. The van der Waals surface area contributed by atoms with Gasteiger partial charge < -0.3 is 18.8 Å². The van der Waals surface area contributed by atoms with Crippen LogP contribution in [0.1, 0.15) is 19.4 Å². The highest BCUT2D eigenvalue weighted by Gasteiger charge is 2.15. The summed E-state index contributed by atoms with van der Waals surface area (Å²) >= 11 is 0. The molecule has 6 heteroatoms. The second-order valence-corrected chi connectivity index (χ2v) is 6.22. The number of amides is 1. The summed E-state index contributed by atoms with van der Waals surface area (Å²) in [6, 6.07) is 8.97. The third-order valence-electron chi connectivity index (χ3n) is 4.76. The highest BCUT2D eigenvalue weighted by Crippen LogP contribution is 2.32. The third-order valence-corrected chi connectivity index (χ3v) is 4.76. The Bertz CT molecular complexity index is 1050. The van der Waals surface area contributed by atoms with Crippen LogP contribution in [0.3, 0.4) is 0 Å². The summed E-state index contributed by atoms with van der Waals surface area (Å²) in [6.45, 7) is 6.90. The lowest BCUT2D eigenvalue weighted by atomic mass is 10.0. The Labute approximate surface area is 157 Å². The van der Waals surface area contributed by atoms with Gasteiger partial charge in [-0.15, -0.1) is 0 Å². The SMILES string of the molecule is CCN(CC)C(=O)COc1ccc2c(oc(=O)c3cc(OC)ccc32)c1C. The number of carbonyl (C=O) groups excluding carboxylic acids is 1. The van der Waals surface area contributed by atoms with Crippen molar-refractivity contribution in [3.63, 3.8) is 0 Å². The maximum atomic E-state index is 12.4. The number of hydrogen-bond acceptors (Lipinski definition) is 5. The Morgan fingerprint density at radius 3 is 2.44 bits per heavy atom. The number of hydrogen-bond donors (Lipinski definition) is 0. The highest BCUT2D eigenvalue weighted by molar-refractivity contribution is 6.06. The zero-order chi connectivity index (χ0) is 19.6. The van der Waals surface area contributed by atoms with Crippen LogP contribution in [0.2, 0.25) is 0 Å². The fourth-order valence-corrected chi connectivity index (χ4v) is 3.18. The maximum Gasteiger partial charge on any atom is 0.344 e. The van der Waals surface area contributed by atoms with Crippen LogP contribution >= 0.6 is 0 Å². The molecule has 0 aliphatic rings. The summed E-state index contributed by atoms with van der Waals surface area (Å²) in [4.78, 5) is 26.3. The van der Waals surface area contributed by atoms with Crippen molar-refractivity contribution in [3.05, 3.63) is 46.3 Å². The van der Waals surface area contributed by atoms with Crippen LogP contribution in [0.25, 0.3) is 21.7 Å². The molecule has 142 valence electrons. The molecule has 0 saturated heterocycles. The lowest BCUT2D eigenvalue weighted by molar-refractivity contribution is -0.132. The monoisotopic (exact) mass is 369 g/mol. The molecular weight excluding hydrogens is 346 g/mol. The second-order valence-electron chi connectivity index (χ2n) is 6.22. The first kappa shape index (κ1) is 18.8. The van der Waals surface area contributed by atoms with Gasteiger partial charge in [0, 0.05) is 29.4 Å². The largest absolute Gasteiger partial charge is 0.497 e. The lowest BCUT2D eigenvalue weighted by Crippen LogP contribution is -2.34. The highest BCUT2D eigenvalue weighted by atomic mass is 16.5. The van der Waals surface area contributed by atoms with Crippen molar-refractivity contribution < 1.29 is 18.7 Å². The topological polar surface area (TPSA) is 69.0 Å². The van der Waals surface area contributed by atoms with E-state index in [1.807, 2.05) is 39.0 Å². The molecule has 6 nitrogen and oxygen atoms in total. The molecule has 0 radical (unpaired) electrons. The molecule has 2 aromatic carbocycles. The van der Waals surface area contributed by atoms with Crippen molar-refractivity contribution in [2.24, 2.45) is 0 Å². The first-order valence-corrected chi connectivity index (χ1v) is 8.94. The molecular formula is C21H23NO5. The number of ether oxygens (including phenoxy) is 2. The van der Waals surface area contributed by atoms with E-state index in [0.717, 1.165) is 10.8 Å². The van der Waals surface area contributed by atoms with Gasteiger partial charge in [0.2, 0.25) is 0 Å². The van der Waals surface area contributed by atoms with Crippen LogP contribution in [0.4, 0.5) is 0 Å². The van der Waals surface area contributed by atoms with Gasteiger partial charge in [0.1, 0.15) is 17.1 Å². The molecule has 0 unspecified atom stereocenters. The number of fused-ring (bicyclic) bond motifs is 3. The minimum absolute atomic E-state index is 0.0525. The van der Waals surface area contributed by atoms with Crippen LogP contribution in [-0.2, 0) is 4.79 Å². The second kappa shape index (κ2) is 7.70. The van der Waals surface area contributed by atoms with E-state index in [4.69, 9.17) is 13.9 Å². The Morgan fingerprint density at radius 2 is 1.78 bits per heavy atom. The van der Waals surface area contributed by atoms with Crippen LogP contribution in [0, 0.1) is 6.92 Å². The van der Waals surface area contributed by atoms with Crippen LogP contribution in [-0.4, -0.2) is 37.6 Å². The van der Waals surface area contributed by atoms with Gasteiger partial charge >= 0.3 is 5.63 Å². The predicted molar refractivity (Wildman–Crippen MR) is 105 cm³/mol. The average Bonchev–Trinajstić information content (AvgIpc) is 2.68. The fraction of sp³-hybridized carbons (Fsp3) is 0.333. The van der Waals surface area contributed by atoms with Gasteiger partial charge in [-0.3, -0.25) is 4.79 Å². The van der Waals surface area contributed by atoms with E-state index >= 15 is 0 Å². The smallest absolute Gasteiger partial charge is 0.344 e. The van der Waals surface area contributed by atoms with E-state index in [-0.39, 0.29) is 12.5 Å². The molecule has 0 aliphatic heterocycles. The Kier molecular flexibility index (Phi) is 5.35. The number of methoxy groups -OCH3 is 1. The lowest BCUT2D eigenvalue weighted by Gasteiger charge is -2.19. The van der Waals surface area contributed by atoms with Crippen molar-refractivity contribution in [2.75, 3.05) is 26.8 Å². The van der Waals surface area contributed by atoms with Gasteiger partial charge in [0.05, 0.1) is 12.5 Å². The van der Waals surface area contributed by atoms with Crippen LogP contribution < -0.4 is 15.1 Å². The molecule has 0 atom stereocenters. The number of benzene rings is 2. The summed E-state index contributed by atoms with van der Waals surface area (Å²) < 4.78 is 16.5. The number of carbonyl (C=O) groups is 1. The number of rotatable bonds is 6. The minimum atomic E-state index is -0.434. The zero-order valence-electron chi connectivity index (χ0n) is 16.0. The summed E-state index contributed by atoms with van der Waals surface area (Å²) in [5, 5.41) is 2.06. The van der Waals surface area contributed by atoms with E-state index < -0.39 is 5.63 Å². The van der Waals surface area contributed by atoms with Crippen LogP contribution in [0.15, 0.2) is 39.5 Å². The summed E-state index contributed by atoms with van der Waals surface area (Å²) in [6.07, 6.45) is 0. The molecule has 1 aromatic heterocycles. The molecule has 1 amide bonds. The van der Waals surface area contributed by atoms with Crippen molar-refractivity contribution in [3.8, 4) is 11.5 Å². The first-order chi connectivity index (χ1) is 13.0. The summed E-state index contributed by atoms with van der Waals surface area (Å²) in [5.41, 5.74) is 0.719. The van der Waals surface area contributed by atoms with Gasteiger partial charge in [-0.05, 0) is 51.1 Å². The normalized spacial score (nSPS) is 11.0. The Morgan fingerprint density at radius 1 is 1.07 bits per heavy atom. The van der Waals surface area contributed by atoms with Crippen molar-refractivity contribution in [2.45, 2.75) is 20.8 Å². The molecule has 27 heavy (non-hydrogen) atoms. The van der Waals surface area contributed by atoms with E-state index in [1.54, 1.807) is 24.1 Å². The molecule has 3 rings (SSSR count). The molecule has 1 heterocycles. The minimum Gasteiger partial charge on any atom is -0.497 e. The molecule has 0 spiro atoms. The van der Waals surface area contributed by atoms with E-state index in [9.17, 15) is 9.59 Å². The zero-order valence-corrected chi connectivity index (χ0v) is 16.0. The Hall–Kier alpha value is -3.02. The predicted octanol–water partition coefficient (Wildman–Crippen LogP) is 3.51. The molecule has 0 fully saturated rings. The average molecular weight is 369 g/mol. The fourth-order valence-electron chi connectivity index (χ4n) is 3.18. The van der Waals surface area contributed by atoms with Crippen molar-refractivity contribution >= 4 is 27.6 Å². The van der Waals surface area contributed by atoms with E-state index in [1.165, 1.54) is 0 Å². The molecule has 0 bridgehead atoms. The van der Waals surface area contributed by atoms with E-state index in [2.05, 4.69) is 0 Å². The van der Waals surface area contributed by atoms with Crippen molar-refractivity contribution in [1.82, 2.24) is 4.90 Å². The van der Waals surface area contributed by atoms with Gasteiger partial charge in [-0.1, -0.05) is 0 Å². The van der Waals surface area contributed by atoms with Gasteiger partial charge in [0.15, 0.2) is 6.61 Å². The summed E-state index contributed by atoms with van der Waals surface area (Å²) in [7, 11) is 1.55. The third kappa shape index (κ3) is 3.47. The van der Waals surface area contributed by atoms with Gasteiger partial charge in [0.25, 0.3) is 5.91 Å². The standard InChI is InChI=1S/C21H23NO5/c1-5-22(6-2)19(23)12-26-18-10-9-16-15-8-7-14(25-4)11-17(15)21(24)27-20(16)13(18)3/h7-11H,5-6,12H2,1-4H3. The molecule has 0 aliphatic carbocycles. The number of likely N-dealkylation sites (N-methyl/N-ethyl adjacent to an activating group) is 1. The molecule has 0 saturated carbocycles. The van der Waals surface area contributed by atoms with Gasteiger partial charge in [-0.25, -0.2) is 4.79 Å². The number of aryl methyl sites for hydroxylation is 1. The maximum absolute atomic E-state index is 12.4. The van der Waals surface area contributed by atoms with Crippen LogP contribution in [0.5, 0.6) is 11.5 Å².